The van der Waals surface area contributed by atoms with Crippen molar-refractivity contribution in [1.29, 1.82) is 0 Å². The van der Waals surface area contributed by atoms with E-state index in [0.29, 0.717) is 6.42 Å². The zero-order valence-electron chi connectivity index (χ0n) is 12.0. The van der Waals surface area contributed by atoms with E-state index in [1.165, 1.54) is 6.82 Å². The SMILES string of the molecule is CB(O)NC(Cc1ccccc1)C(=O)O.CC.CO. The first-order valence-electron chi connectivity index (χ1n) is 6.25. The van der Waals surface area contributed by atoms with Gasteiger partial charge < -0.3 is 20.5 Å². The van der Waals surface area contributed by atoms with Crippen LogP contribution < -0.4 is 5.23 Å². The second-order valence-electron chi connectivity index (χ2n) is 3.42. The Balaban J connectivity index is 0. The molecule has 19 heavy (non-hydrogen) atoms. The number of hydrogen-bond donors (Lipinski definition) is 4. The largest absolute Gasteiger partial charge is 0.480 e. The number of benzene rings is 1. The summed E-state index contributed by atoms with van der Waals surface area (Å²) in [4.78, 5) is 10.9. The highest BCUT2D eigenvalue weighted by Crippen LogP contribution is 2.03. The second kappa shape index (κ2) is 13.1. The molecule has 0 aliphatic carbocycles. The lowest BCUT2D eigenvalue weighted by Gasteiger charge is -2.14. The van der Waals surface area contributed by atoms with Crippen molar-refractivity contribution in [2.45, 2.75) is 33.1 Å². The fourth-order valence-electron chi connectivity index (χ4n) is 1.36. The van der Waals surface area contributed by atoms with Crippen molar-refractivity contribution in [2.24, 2.45) is 0 Å². The fourth-order valence-corrected chi connectivity index (χ4v) is 1.36. The van der Waals surface area contributed by atoms with Gasteiger partial charge in [-0.15, -0.1) is 0 Å². The zero-order chi connectivity index (χ0) is 15.3. The van der Waals surface area contributed by atoms with Gasteiger partial charge in [0.25, 0.3) is 0 Å². The van der Waals surface area contributed by atoms with Gasteiger partial charge in [0, 0.05) is 7.11 Å². The summed E-state index contributed by atoms with van der Waals surface area (Å²) in [5.41, 5.74) is 0.929. The Morgan fingerprint density at radius 1 is 1.26 bits per heavy atom. The summed E-state index contributed by atoms with van der Waals surface area (Å²) in [6.45, 7) is 5.50. The summed E-state index contributed by atoms with van der Waals surface area (Å²) in [7, 11) is 0.176. The van der Waals surface area contributed by atoms with Crippen LogP contribution in [0.5, 0.6) is 0 Å². The highest BCUT2D eigenvalue weighted by molar-refractivity contribution is 6.46. The van der Waals surface area contributed by atoms with Crippen LogP contribution in [0.15, 0.2) is 30.3 Å². The Kier molecular flexibility index (Phi) is 13.7. The lowest BCUT2D eigenvalue weighted by atomic mass is 9.86. The van der Waals surface area contributed by atoms with Gasteiger partial charge in [0.1, 0.15) is 6.04 Å². The van der Waals surface area contributed by atoms with Crippen LogP contribution in [0.25, 0.3) is 0 Å². The molecule has 0 bridgehead atoms. The van der Waals surface area contributed by atoms with Crippen LogP contribution in [0, 0.1) is 0 Å². The molecule has 0 heterocycles. The number of hydrogen-bond acceptors (Lipinski definition) is 4. The molecule has 0 amide bonds. The fraction of sp³-hybridized carbons (Fsp3) is 0.462. The van der Waals surface area contributed by atoms with Crippen LogP contribution in [-0.4, -0.2) is 41.4 Å². The van der Waals surface area contributed by atoms with E-state index >= 15 is 0 Å². The van der Waals surface area contributed by atoms with E-state index in [2.05, 4.69) is 5.23 Å². The molecule has 108 valence electrons. The van der Waals surface area contributed by atoms with Crippen LogP contribution >= 0.6 is 0 Å². The summed E-state index contributed by atoms with van der Waals surface area (Å²) >= 11 is 0. The molecule has 0 spiro atoms. The molecule has 1 aromatic rings. The minimum atomic E-state index is -0.959. The van der Waals surface area contributed by atoms with Gasteiger partial charge in [-0.2, -0.15) is 0 Å². The Morgan fingerprint density at radius 3 is 2.11 bits per heavy atom. The molecule has 1 rings (SSSR count). The number of carbonyl (C=O) groups is 1. The molecule has 0 aromatic heterocycles. The molecule has 1 aromatic carbocycles. The van der Waals surface area contributed by atoms with Crippen LogP contribution in [-0.2, 0) is 11.2 Å². The third-order valence-corrected chi connectivity index (χ3v) is 2.02. The standard InChI is InChI=1S/C10H14BNO3.C2H6.CH4O/c1-11(15)12-9(10(13)14)7-8-5-3-2-4-6-8;2*1-2/h2-6,9,12,15H,7H2,1H3,(H,13,14);1-2H3;2H,1H3. The monoisotopic (exact) mass is 269 g/mol. The molecule has 0 aliphatic rings. The maximum Gasteiger partial charge on any atom is 0.374 e. The van der Waals surface area contributed by atoms with E-state index in [1.54, 1.807) is 0 Å². The predicted molar refractivity (Wildman–Crippen MR) is 78.0 cm³/mol. The molecule has 1 atom stereocenters. The molecule has 5 nitrogen and oxygen atoms in total. The number of carboxylic acid groups (broad SMARTS) is 1. The van der Waals surface area contributed by atoms with E-state index in [1.807, 2.05) is 44.2 Å². The van der Waals surface area contributed by atoms with Crippen molar-refractivity contribution in [3.8, 4) is 0 Å². The Labute approximate surface area is 115 Å². The van der Waals surface area contributed by atoms with Crippen molar-refractivity contribution in [3.05, 3.63) is 35.9 Å². The lowest BCUT2D eigenvalue weighted by molar-refractivity contribution is -0.139. The predicted octanol–water partition coefficient (Wildman–Crippen LogP) is 1.02. The zero-order valence-corrected chi connectivity index (χ0v) is 12.0. The highest BCUT2D eigenvalue weighted by Gasteiger charge is 2.20. The third kappa shape index (κ3) is 10.3. The minimum Gasteiger partial charge on any atom is -0.480 e. The van der Waals surface area contributed by atoms with Gasteiger partial charge in [-0.3, -0.25) is 4.79 Å². The van der Waals surface area contributed by atoms with Gasteiger partial charge in [-0.05, 0) is 18.8 Å². The minimum absolute atomic E-state index is 0.362. The summed E-state index contributed by atoms with van der Waals surface area (Å²) < 4.78 is 0. The Hall–Kier alpha value is -1.37. The first kappa shape index (κ1) is 20.0. The van der Waals surface area contributed by atoms with Crippen molar-refractivity contribution < 1.29 is 20.0 Å². The topological polar surface area (TPSA) is 89.8 Å². The van der Waals surface area contributed by atoms with Crippen LogP contribution in [0.3, 0.4) is 0 Å². The van der Waals surface area contributed by atoms with Gasteiger partial charge in [-0.1, -0.05) is 44.2 Å². The maximum absolute atomic E-state index is 10.9. The first-order valence-corrected chi connectivity index (χ1v) is 6.25. The highest BCUT2D eigenvalue weighted by atomic mass is 16.4. The van der Waals surface area contributed by atoms with E-state index in [0.717, 1.165) is 12.7 Å². The number of carboxylic acids is 1. The quantitative estimate of drug-likeness (QED) is 0.599. The van der Waals surface area contributed by atoms with Crippen molar-refractivity contribution in [1.82, 2.24) is 5.23 Å². The average Bonchev–Trinajstić information content (AvgIpc) is 2.43. The van der Waals surface area contributed by atoms with E-state index < -0.39 is 19.1 Å². The summed E-state index contributed by atoms with van der Waals surface area (Å²) in [5, 5.41) is 27.6. The number of nitrogens with one attached hydrogen (secondary N) is 1. The molecule has 0 radical (unpaired) electrons. The molecule has 6 heteroatoms. The van der Waals surface area contributed by atoms with Crippen LogP contribution in [0.4, 0.5) is 0 Å². The summed E-state index contributed by atoms with van der Waals surface area (Å²) in [6, 6.07) is 8.56. The van der Waals surface area contributed by atoms with Gasteiger partial charge in [0.15, 0.2) is 0 Å². The first-order chi connectivity index (χ1) is 9.09. The molecular formula is C13H24BNO4. The van der Waals surface area contributed by atoms with Crippen molar-refractivity contribution >= 4 is 13.0 Å². The third-order valence-electron chi connectivity index (χ3n) is 2.02. The molecule has 0 fully saturated rings. The van der Waals surface area contributed by atoms with Gasteiger partial charge in [-0.25, -0.2) is 0 Å². The Morgan fingerprint density at radius 2 is 1.74 bits per heavy atom. The van der Waals surface area contributed by atoms with Crippen LogP contribution in [0.1, 0.15) is 19.4 Å². The van der Waals surface area contributed by atoms with Crippen molar-refractivity contribution in [2.75, 3.05) is 7.11 Å². The summed E-state index contributed by atoms with van der Waals surface area (Å²) in [6.07, 6.45) is 0.362. The molecule has 4 N–H and O–H groups in total. The van der Waals surface area contributed by atoms with Crippen LogP contribution in [0.2, 0.25) is 6.82 Å². The summed E-state index contributed by atoms with van der Waals surface area (Å²) in [5.74, 6) is -0.959. The number of aliphatic carboxylic acids is 1. The average molecular weight is 269 g/mol. The molecule has 0 saturated heterocycles. The molecule has 0 aliphatic heterocycles. The lowest BCUT2D eigenvalue weighted by Crippen LogP contribution is -2.46. The van der Waals surface area contributed by atoms with E-state index in [9.17, 15) is 4.79 Å². The smallest absolute Gasteiger partial charge is 0.374 e. The molecule has 1 unspecified atom stereocenters. The van der Waals surface area contributed by atoms with E-state index in [4.69, 9.17) is 15.2 Å². The Bertz CT molecular complexity index is 320. The second-order valence-corrected chi connectivity index (χ2v) is 3.42. The maximum atomic E-state index is 10.9. The number of rotatable bonds is 5. The van der Waals surface area contributed by atoms with Gasteiger partial charge in [0.2, 0.25) is 0 Å². The number of aliphatic hydroxyl groups is 1. The van der Waals surface area contributed by atoms with Crippen molar-refractivity contribution in [3.63, 3.8) is 0 Å². The molecular weight excluding hydrogens is 245 g/mol. The van der Waals surface area contributed by atoms with Gasteiger partial charge >= 0.3 is 13.0 Å². The van der Waals surface area contributed by atoms with Gasteiger partial charge in [0.05, 0.1) is 0 Å². The van der Waals surface area contributed by atoms with E-state index in [-0.39, 0.29) is 0 Å². The number of aliphatic hydroxyl groups excluding tert-OH is 1. The normalized spacial score (nSPS) is 10.2. The molecule has 0 saturated carbocycles.